The Morgan fingerprint density at radius 2 is 1.73 bits per heavy atom. The summed E-state index contributed by atoms with van der Waals surface area (Å²) in [6, 6.07) is 12.7. The average molecular weight is 478 g/mol. The fourth-order valence-corrected chi connectivity index (χ4v) is 4.70. The van der Waals surface area contributed by atoms with Crippen LogP contribution in [0.2, 0.25) is 0 Å². The van der Waals surface area contributed by atoms with Crippen LogP contribution in [0.15, 0.2) is 53.4 Å². The Bertz CT molecular complexity index is 1280. The average Bonchev–Trinajstić information content (AvgIpc) is 3.36. The summed E-state index contributed by atoms with van der Waals surface area (Å²) in [5, 5.41) is 7.21. The molecule has 0 aliphatic heterocycles. The van der Waals surface area contributed by atoms with Crippen LogP contribution in [-0.4, -0.2) is 36.8 Å². The van der Waals surface area contributed by atoms with Gasteiger partial charge in [-0.1, -0.05) is 17.7 Å². The zero-order valence-corrected chi connectivity index (χ0v) is 18.4. The number of carbonyl (C=O) groups excluding carboxylic acids is 1. The van der Waals surface area contributed by atoms with Gasteiger partial charge in [-0.05, 0) is 62.6 Å². The van der Waals surface area contributed by atoms with E-state index in [2.05, 4.69) is 10.4 Å². The van der Waals surface area contributed by atoms with E-state index < -0.39 is 28.7 Å². The number of carbonyl (C=O) groups is 1. The highest BCUT2D eigenvalue weighted by Crippen LogP contribution is 2.28. The fourth-order valence-electron chi connectivity index (χ4n) is 3.69. The summed E-state index contributed by atoms with van der Waals surface area (Å²) in [7, 11) is -4.33. The van der Waals surface area contributed by atoms with Crippen LogP contribution < -0.4 is 10.0 Å². The van der Waals surface area contributed by atoms with Crippen molar-refractivity contribution in [3.63, 3.8) is 0 Å². The van der Waals surface area contributed by atoms with Crippen LogP contribution in [0.5, 0.6) is 0 Å². The normalized spacial score (nSPS) is 13.7. The zero-order valence-electron chi connectivity index (χ0n) is 17.6. The number of alkyl halides is 3. The highest BCUT2D eigenvalue weighted by molar-refractivity contribution is 7.89. The molecule has 11 heteroatoms. The molecule has 0 saturated carbocycles. The number of fused-ring (bicyclic) bond motifs is 1. The molecule has 174 valence electrons. The highest BCUT2D eigenvalue weighted by atomic mass is 32.2. The number of aromatic nitrogens is 2. The number of anilines is 1. The maximum Gasteiger partial charge on any atom is 0.402 e. The van der Waals surface area contributed by atoms with Gasteiger partial charge in [-0.15, -0.1) is 0 Å². The minimum absolute atomic E-state index is 0.298. The Balaban J connectivity index is 1.52. The van der Waals surface area contributed by atoms with Gasteiger partial charge in [0.2, 0.25) is 10.0 Å². The molecule has 7 nitrogen and oxygen atoms in total. The van der Waals surface area contributed by atoms with Gasteiger partial charge in [0.15, 0.2) is 5.69 Å². The SMILES string of the molecule is Cc1ccc(-n2nc(C(=O)Nc3ccc(S(=O)(=O)NCC(F)(F)F)cc3)c3c2CCC3)cc1. The van der Waals surface area contributed by atoms with Gasteiger partial charge < -0.3 is 5.32 Å². The van der Waals surface area contributed by atoms with Crippen molar-refractivity contribution in [1.82, 2.24) is 14.5 Å². The molecule has 1 aliphatic carbocycles. The third kappa shape index (κ3) is 5.09. The third-order valence-corrected chi connectivity index (χ3v) is 6.73. The van der Waals surface area contributed by atoms with Gasteiger partial charge in [-0.2, -0.15) is 18.3 Å². The Morgan fingerprint density at radius 1 is 1.06 bits per heavy atom. The molecule has 33 heavy (non-hydrogen) atoms. The second-order valence-corrected chi connectivity index (χ2v) is 9.56. The quantitative estimate of drug-likeness (QED) is 0.564. The van der Waals surface area contributed by atoms with E-state index in [4.69, 9.17) is 0 Å². The molecule has 0 spiro atoms. The van der Waals surface area contributed by atoms with Crippen LogP contribution in [0, 0.1) is 6.92 Å². The molecule has 0 bridgehead atoms. The second-order valence-electron chi connectivity index (χ2n) is 7.79. The van der Waals surface area contributed by atoms with Gasteiger partial charge in [-0.25, -0.2) is 17.8 Å². The van der Waals surface area contributed by atoms with Gasteiger partial charge >= 0.3 is 6.18 Å². The number of aryl methyl sites for hydroxylation is 1. The van der Waals surface area contributed by atoms with Gasteiger partial charge in [0.1, 0.15) is 6.54 Å². The summed E-state index contributed by atoms with van der Waals surface area (Å²) >= 11 is 0. The summed E-state index contributed by atoms with van der Waals surface area (Å²) < 4.78 is 64.2. The number of rotatable bonds is 6. The van der Waals surface area contributed by atoms with Gasteiger partial charge in [-0.3, -0.25) is 4.79 Å². The van der Waals surface area contributed by atoms with E-state index in [1.807, 2.05) is 31.2 Å². The van der Waals surface area contributed by atoms with E-state index in [1.54, 1.807) is 4.68 Å². The van der Waals surface area contributed by atoms with Crippen LogP contribution >= 0.6 is 0 Å². The Kier molecular flexibility index (Phi) is 6.02. The molecular formula is C22H21F3N4O3S. The molecule has 3 aromatic rings. The topological polar surface area (TPSA) is 93.1 Å². The first-order valence-electron chi connectivity index (χ1n) is 10.2. The fraction of sp³-hybridized carbons (Fsp3) is 0.273. The summed E-state index contributed by atoms with van der Waals surface area (Å²) in [6.45, 7) is 0.321. The van der Waals surface area contributed by atoms with Crippen molar-refractivity contribution in [2.75, 3.05) is 11.9 Å². The van der Waals surface area contributed by atoms with Crippen molar-refractivity contribution in [2.45, 2.75) is 37.3 Å². The van der Waals surface area contributed by atoms with Crippen molar-refractivity contribution < 1.29 is 26.4 Å². The van der Waals surface area contributed by atoms with E-state index in [9.17, 15) is 26.4 Å². The number of hydrogen-bond acceptors (Lipinski definition) is 4. The van der Waals surface area contributed by atoms with E-state index >= 15 is 0 Å². The molecule has 1 aliphatic rings. The minimum Gasteiger partial charge on any atom is -0.321 e. The third-order valence-electron chi connectivity index (χ3n) is 5.31. The number of nitrogens with zero attached hydrogens (tertiary/aromatic N) is 2. The molecular weight excluding hydrogens is 457 g/mol. The van der Waals surface area contributed by atoms with Crippen molar-refractivity contribution in [3.8, 4) is 5.69 Å². The molecule has 0 saturated heterocycles. The van der Waals surface area contributed by atoms with Crippen LogP contribution in [-0.2, 0) is 22.9 Å². The van der Waals surface area contributed by atoms with E-state index in [0.29, 0.717) is 11.4 Å². The van der Waals surface area contributed by atoms with E-state index in [0.717, 1.165) is 53.9 Å². The second kappa shape index (κ2) is 8.64. The highest BCUT2D eigenvalue weighted by Gasteiger charge is 2.30. The number of hydrogen-bond donors (Lipinski definition) is 2. The lowest BCUT2D eigenvalue weighted by atomic mass is 10.2. The van der Waals surface area contributed by atoms with Crippen LogP contribution in [0.3, 0.4) is 0 Å². The minimum atomic E-state index is -4.66. The lowest BCUT2D eigenvalue weighted by Crippen LogP contribution is -2.33. The Labute approximate surface area is 188 Å². The maximum atomic E-state index is 12.9. The molecule has 1 aromatic heterocycles. The van der Waals surface area contributed by atoms with E-state index in [1.165, 1.54) is 16.9 Å². The van der Waals surface area contributed by atoms with Gasteiger partial charge in [0.05, 0.1) is 10.6 Å². The van der Waals surface area contributed by atoms with Crippen LogP contribution in [0.25, 0.3) is 5.69 Å². The first kappa shape index (κ1) is 23.0. The molecule has 4 rings (SSSR count). The van der Waals surface area contributed by atoms with Crippen molar-refractivity contribution >= 4 is 21.6 Å². The predicted octanol–water partition coefficient (Wildman–Crippen LogP) is 3.76. The summed E-state index contributed by atoms with van der Waals surface area (Å²) in [5.74, 6) is -0.440. The number of benzene rings is 2. The maximum absolute atomic E-state index is 12.9. The Morgan fingerprint density at radius 3 is 2.36 bits per heavy atom. The molecule has 0 unspecified atom stereocenters. The predicted molar refractivity (Wildman–Crippen MR) is 116 cm³/mol. The van der Waals surface area contributed by atoms with Crippen LogP contribution in [0.4, 0.5) is 18.9 Å². The van der Waals surface area contributed by atoms with E-state index in [-0.39, 0.29) is 4.90 Å². The number of halogens is 3. The van der Waals surface area contributed by atoms with Crippen molar-refractivity contribution in [2.24, 2.45) is 0 Å². The molecule has 0 atom stereocenters. The molecule has 0 radical (unpaired) electrons. The smallest absolute Gasteiger partial charge is 0.321 e. The first-order chi connectivity index (χ1) is 15.5. The Hall–Kier alpha value is -3.18. The standard InChI is InChI=1S/C22H21F3N4O3S/c1-14-5-9-16(10-6-14)29-19-4-2-3-18(19)20(28-29)21(30)27-15-7-11-17(12-8-15)33(31,32)26-13-22(23,24)25/h5-12,26H,2-4,13H2,1H3,(H,27,30). The monoisotopic (exact) mass is 478 g/mol. The van der Waals surface area contributed by atoms with Gasteiger partial charge in [0, 0.05) is 16.9 Å². The summed E-state index contributed by atoms with van der Waals surface area (Å²) in [5.41, 5.74) is 4.43. The molecule has 1 amide bonds. The van der Waals surface area contributed by atoms with Crippen molar-refractivity contribution in [1.29, 1.82) is 0 Å². The van der Waals surface area contributed by atoms with Gasteiger partial charge in [0.25, 0.3) is 5.91 Å². The number of sulfonamides is 1. The molecule has 2 aromatic carbocycles. The largest absolute Gasteiger partial charge is 0.402 e. The first-order valence-corrected chi connectivity index (χ1v) is 11.7. The number of amides is 1. The molecule has 0 fully saturated rings. The lowest BCUT2D eigenvalue weighted by Gasteiger charge is -2.10. The lowest BCUT2D eigenvalue weighted by molar-refractivity contribution is -0.121. The molecule has 2 N–H and O–H groups in total. The summed E-state index contributed by atoms with van der Waals surface area (Å²) in [4.78, 5) is 12.6. The molecule has 1 heterocycles. The van der Waals surface area contributed by atoms with Crippen LogP contribution in [0.1, 0.15) is 33.7 Å². The van der Waals surface area contributed by atoms with Crippen molar-refractivity contribution in [3.05, 3.63) is 71.0 Å². The summed E-state index contributed by atoms with van der Waals surface area (Å²) in [6.07, 6.45) is -2.22. The number of nitrogens with one attached hydrogen (secondary N) is 2. The zero-order chi connectivity index (χ0) is 23.8.